The number of rotatable bonds is 2. The van der Waals surface area contributed by atoms with E-state index in [1.165, 1.54) is 19.3 Å². The Morgan fingerprint density at radius 2 is 2.06 bits per heavy atom. The van der Waals surface area contributed by atoms with Crippen LogP contribution in [0.4, 0.5) is 5.69 Å². The van der Waals surface area contributed by atoms with Crippen molar-refractivity contribution in [2.75, 3.05) is 5.32 Å². The highest BCUT2D eigenvalue weighted by Crippen LogP contribution is 2.48. The minimum absolute atomic E-state index is 0.212. The largest absolute Gasteiger partial charge is 0.325 e. The van der Waals surface area contributed by atoms with E-state index in [1.54, 1.807) is 0 Å². The van der Waals surface area contributed by atoms with E-state index < -0.39 is 0 Å². The lowest BCUT2D eigenvalue weighted by atomic mass is 9.88. The number of carbonyl (C=O) groups is 1. The quantitative estimate of drug-likeness (QED) is 0.882. The molecule has 2 aliphatic rings. The van der Waals surface area contributed by atoms with E-state index >= 15 is 0 Å². The Kier molecular flexibility index (Phi) is 2.95. The number of hydrogen-bond acceptors (Lipinski definition) is 1. The molecular formula is C14H16BrNO. The highest BCUT2D eigenvalue weighted by molar-refractivity contribution is 9.10. The first-order valence-corrected chi connectivity index (χ1v) is 7.08. The summed E-state index contributed by atoms with van der Waals surface area (Å²) in [4.78, 5) is 12.2. The molecule has 2 fully saturated rings. The molecule has 0 aromatic heterocycles. The fraction of sp³-hybridized carbons (Fsp3) is 0.500. The highest BCUT2D eigenvalue weighted by atomic mass is 79.9. The van der Waals surface area contributed by atoms with Crippen LogP contribution >= 0.6 is 15.9 Å². The summed E-state index contributed by atoms with van der Waals surface area (Å²) in [5.41, 5.74) is 0.889. The summed E-state index contributed by atoms with van der Waals surface area (Å²) in [6.45, 7) is 0. The van der Waals surface area contributed by atoms with Gasteiger partial charge in [0.15, 0.2) is 0 Å². The monoisotopic (exact) mass is 293 g/mol. The van der Waals surface area contributed by atoms with E-state index in [9.17, 15) is 4.79 Å². The molecule has 17 heavy (non-hydrogen) atoms. The summed E-state index contributed by atoms with van der Waals surface area (Å²) < 4.78 is 0.955. The minimum atomic E-state index is 0.212. The number of halogens is 1. The van der Waals surface area contributed by atoms with Gasteiger partial charge in [0.25, 0.3) is 0 Å². The van der Waals surface area contributed by atoms with Crippen LogP contribution in [0, 0.1) is 17.8 Å². The van der Waals surface area contributed by atoms with E-state index in [0.717, 1.165) is 22.5 Å². The fourth-order valence-electron chi connectivity index (χ4n) is 3.35. The molecule has 2 bridgehead atoms. The van der Waals surface area contributed by atoms with Crippen molar-refractivity contribution in [2.45, 2.75) is 25.7 Å². The number of hydrogen-bond donors (Lipinski definition) is 1. The van der Waals surface area contributed by atoms with Gasteiger partial charge < -0.3 is 5.32 Å². The number of fused-ring (bicyclic) bond motifs is 2. The predicted molar refractivity (Wildman–Crippen MR) is 71.7 cm³/mol. The molecule has 0 radical (unpaired) electrons. The molecule has 3 heteroatoms. The van der Waals surface area contributed by atoms with Gasteiger partial charge in [0.05, 0.1) is 5.69 Å². The van der Waals surface area contributed by atoms with Gasteiger partial charge in [-0.1, -0.05) is 18.6 Å². The van der Waals surface area contributed by atoms with Crippen LogP contribution in [-0.2, 0) is 4.79 Å². The second-order valence-electron chi connectivity index (χ2n) is 5.25. The molecule has 0 unspecified atom stereocenters. The third-order valence-corrected chi connectivity index (χ3v) is 4.90. The van der Waals surface area contributed by atoms with Gasteiger partial charge in [0.1, 0.15) is 0 Å². The third-order valence-electron chi connectivity index (χ3n) is 4.21. The van der Waals surface area contributed by atoms with Crippen LogP contribution in [0.5, 0.6) is 0 Å². The molecule has 1 aromatic carbocycles. The van der Waals surface area contributed by atoms with Gasteiger partial charge in [-0.15, -0.1) is 0 Å². The molecule has 90 valence electrons. The van der Waals surface area contributed by atoms with Crippen LogP contribution in [0.2, 0.25) is 0 Å². The molecule has 2 aliphatic carbocycles. The van der Waals surface area contributed by atoms with Gasteiger partial charge in [-0.05, 0) is 59.2 Å². The number of para-hydroxylation sites is 1. The minimum Gasteiger partial charge on any atom is -0.325 e. The van der Waals surface area contributed by atoms with Crippen LogP contribution in [-0.4, -0.2) is 5.91 Å². The lowest BCUT2D eigenvalue weighted by Crippen LogP contribution is -2.27. The second-order valence-corrected chi connectivity index (χ2v) is 6.10. The molecule has 1 N–H and O–H groups in total. The first kappa shape index (κ1) is 11.3. The molecule has 1 aromatic rings. The molecule has 3 rings (SSSR count). The van der Waals surface area contributed by atoms with Crippen LogP contribution in [0.25, 0.3) is 0 Å². The molecule has 0 aliphatic heterocycles. The molecule has 1 amide bonds. The topological polar surface area (TPSA) is 29.1 Å². The van der Waals surface area contributed by atoms with Crippen LogP contribution < -0.4 is 5.32 Å². The smallest absolute Gasteiger partial charge is 0.227 e. The van der Waals surface area contributed by atoms with Crippen LogP contribution in [0.15, 0.2) is 28.7 Å². The Labute approximate surface area is 110 Å². The summed E-state index contributed by atoms with van der Waals surface area (Å²) >= 11 is 3.46. The number of benzene rings is 1. The van der Waals surface area contributed by atoms with Crippen molar-refractivity contribution in [3.05, 3.63) is 28.7 Å². The number of nitrogens with one attached hydrogen (secondary N) is 1. The van der Waals surface area contributed by atoms with Crippen LogP contribution in [0.3, 0.4) is 0 Å². The van der Waals surface area contributed by atoms with E-state index in [-0.39, 0.29) is 11.8 Å². The Balaban J connectivity index is 1.70. The normalized spacial score (nSPS) is 30.5. The maximum Gasteiger partial charge on any atom is 0.227 e. The summed E-state index contributed by atoms with van der Waals surface area (Å²) in [7, 11) is 0. The van der Waals surface area contributed by atoms with Crippen molar-refractivity contribution in [3.8, 4) is 0 Å². The maximum absolute atomic E-state index is 12.2. The summed E-state index contributed by atoms with van der Waals surface area (Å²) in [5.74, 6) is 1.92. The van der Waals surface area contributed by atoms with Gasteiger partial charge in [0.2, 0.25) is 5.91 Å². The number of carbonyl (C=O) groups excluding carboxylic acids is 1. The van der Waals surface area contributed by atoms with Gasteiger partial charge >= 0.3 is 0 Å². The average Bonchev–Trinajstić information content (AvgIpc) is 2.94. The molecule has 0 heterocycles. The lowest BCUT2D eigenvalue weighted by molar-refractivity contribution is -0.121. The second kappa shape index (κ2) is 4.45. The summed E-state index contributed by atoms with van der Waals surface area (Å²) in [6, 6.07) is 7.80. The molecule has 2 nitrogen and oxygen atoms in total. The first-order valence-electron chi connectivity index (χ1n) is 6.29. The molecule has 0 spiro atoms. The summed E-state index contributed by atoms with van der Waals surface area (Å²) in [5, 5.41) is 3.05. The summed E-state index contributed by atoms with van der Waals surface area (Å²) in [6.07, 6.45) is 4.96. The Bertz CT molecular complexity index is 446. The van der Waals surface area contributed by atoms with Crippen molar-refractivity contribution < 1.29 is 4.79 Å². The third kappa shape index (κ3) is 2.13. The van der Waals surface area contributed by atoms with Gasteiger partial charge in [-0.2, -0.15) is 0 Å². The van der Waals surface area contributed by atoms with E-state index in [1.807, 2.05) is 24.3 Å². The van der Waals surface area contributed by atoms with E-state index in [2.05, 4.69) is 21.2 Å². The standard InChI is InChI=1S/C14H16BrNO/c15-12-3-1-2-4-13(12)16-14(17)11-8-9-5-6-10(11)7-9/h1-4,9-11H,5-8H2,(H,16,17)/t9-,10-,11+/m0/s1. The van der Waals surface area contributed by atoms with Gasteiger partial charge in [0, 0.05) is 10.4 Å². The zero-order chi connectivity index (χ0) is 11.8. The number of anilines is 1. The molecule has 3 atom stereocenters. The van der Waals surface area contributed by atoms with E-state index in [4.69, 9.17) is 0 Å². The van der Waals surface area contributed by atoms with E-state index in [0.29, 0.717) is 5.92 Å². The van der Waals surface area contributed by atoms with Crippen LogP contribution in [0.1, 0.15) is 25.7 Å². The zero-order valence-corrected chi connectivity index (χ0v) is 11.2. The highest BCUT2D eigenvalue weighted by Gasteiger charge is 2.43. The van der Waals surface area contributed by atoms with Crippen molar-refractivity contribution in [3.63, 3.8) is 0 Å². The Hall–Kier alpha value is -0.830. The SMILES string of the molecule is O=C(Nc1ccccc1Br)[C@@H]1C[C@H]2CC[C@H]1C2. The van der Waals surface area contributed by atoms with Gasteiger partial charge in [-0.3, -0.25) is 4.79 Å². The Morgan fingerprint density at radius 3 is 2.71 bits per heavy atom. The van der Waals surface area contributed by atoms with Crippen molar-refractivity contribution in [1.82, 2.24) is 0 Å². The lowest BCUT2D eigenvalue weighted by Gasteiger charge is -2.21. The van der Waals surface area contributed by atoms with Crippen molar-refractivity contribution in [2.24, 2.45) is 17.8 Å². The number of amides is 1. The fourth-order valence-corrected chi connectivity index (χ4v) is 3.74. The maximum atomic E-state index is 12.2. The first-order chi connectivity index (χ1) is 8.24. The van der Waals surface area contributed by atoms with Crippen molar-refractivity contribution >= 4 is 27.5 Å². The predicted octanol–water partition coefficient (Wildman–Crippen LogP) is 3.82. The molecular weight excluding hydrogens is 278 g/mol. The zero-order valence-electron chi connectivity index (χ0n) is 9.66. The molecule has 0 saturated heterocycles. The average molecular weight is 294 g/mol. The molecule has 2 saturated carbocycles. The van der Waals surface area contributed by atoms with Crippen molar-refractivity contribution in [1.29, 1.82) is 0 Å². The van der Waals surface area contributed by atoms with Gasteiger partial charge in [-0.25, -0.2) is 0 Å². The Morgan fingerprint density at radius 1 is 1.24 bits per heavy atom.